The van der Waals surface area contributed by atoms with Gasteiger partial charge in [-0.2, -0.15) is 8.42 Å². The molecule has 15 heavy (non-hydrogen) atoms. The fraction of sp³-hybridized carbons (Fsp3) is 0.455. The summed E-state index contributed by atoms with van der Waals surface area (Å²) in [5.74, 6) is -0.0565. The summed E-state index contributed by atoms with van der Waals surface area (Å²) in [6.45, 7) is 0. The molecular formula is C11H13FO2S. The van der Waals surface area contributed by atoms with Crippen molar-refractivity contribution in [2.24, 2.45) is 5.92 Å². The van der Waals surface area contributed by atoms with Crippen LogP contribution < -0.4 is 0 Å². The second-order valence-electron chi connectivity index (χ2n) is 4.07. The minimum absolute atomic E-state index is 0.285. The highest BCUT2D eigenvalue weighted by atomic mass is 32.3. The van der Waals surface area contributed by atoms with E-state index in [4.69, 9.17) is 0 Å². The molecule has 0 N–H and O–H groups in total. The first-order valence-corrected chi connectivity index (χ1v) is 6.59. The van der Waals surface area contributed by atoms with E-state index in [0.29, 0.717) is 6.42 Å². The molecule has 0 saturated heterocycles. The van der Waals surface area contributed by atoms with Crippen molar-refractivity contribution in [3.05, 3.63) is 35.4 Å². The SMILES string of the molecule is O=S(=O)(F)CCC1Cc2ccccc2C1. The van der Waals surface area contributed by atoms with Crippen molar-refractivity contribution in [2.75, 3.05) is 5.75 Å². The molecule has 0 aliphatic heterocycles. The smallest absolute Gasteiger partial charge is 0.195 e. The van der Waals surface area contributed by atoms with Crippen LogP contribution in [0.3, 0.4) is 0 Å². The molecule has 1 aliphatic carbocycles. The maximum atomic E-state index is 12.3. The molecule has 0 aromatic heterocycles. The second kappa shape index (κ2) is 3.93. The lowest BCUT2D eigenvalue weighted by Crippen LogP contribution is -2.07. The summed E-state index contributed by atoms with van der Waals surface area (Å²) >= 11 is 0. The molecule has 0 atom stereocenters. The molecule has 0 unspecified atom stereocenters. The zero-order chi connectivity index (χ0) is 10.9. The van der Waals surface area contributed by atoms with E-state index >= 15 is 0 Å². The summed E-state index contributed by atoms with van der Waals surface area (Å²) in [5.41, 5.74) is 2.55. The topological polar surface area (TPSA) is 34.1 Å². The monoisotopic (exact) mass is 228 g/mol. The Labute approximate surface area is 89.3 Å². The zero-order valence-electron chi connectivity index (χ0n) is 8.32. The van der Waals surface area contributed by atoms with Crippen LogP contribution in [-0.2, 0) is 23.1 Å². The van der Waals surface area contributed by atoms with Crippen LogP contribution in [0.25, 0.3) is 0 Å². The summed E-state index contributed by atoms with van der Waals surface area (Å²) in [4.78, 5) is 0. The van der Waals surface area contributed by atoms with Gasteiger partial charge in [-0.15, -0.1) is 3.89 Å². The molecule has 0 radical (unpaired) electrons. The van der Waals surface area contributed by atoms with E-state index in [0.717, 1.165) is 12.8 Å². The van der Waals surface area contributed by atoms with Crippen molar-refractivity contribution in [1.82, 2.24) is 0 Å². The Hall–Kier alpha value is -0.900. The van der Waals surface area contributed by atoms with Crippen LogP contribution >= 0.6 is 0 Å². The molecular weight excluding hydrogens is 215 g/mol. The lowest BCUT2D eigenvalue weighted by atomic mass is 10.0. The molecule has 0 bridgehead atoms. The number of hydrogen-bond acceptors (Lipinski definition) is 2. The summed E-state index contributed by atoms with van der Waals surface area (Å²) in [5, 5.41) is 0. The van der Waals surface area contributed by atoms with Gasteiger partial charge in [-0.3, -0.25) is 0 Å². The van der Waals surface area contributed by atoms with Crippen LogP contribution in [0.1, 0.15) is 17.5 Å². The van der Waals surface area contributed by atoms with Crippen LogP contribution in [0.15, 0.2) is 24.3 Å². The van der Waals surface area contributed by atoms with E-state index < -0.39 is 10.2 Å². The molecule has 0 amide bonds. The number of rotatable bonds is 3. The fourth-order valence-electron chi connectivity index (χ4n) is 2.16. The molecule has 0 fully saturated rings. The summed E-state index contributed by atoms with van der Waals surface area (Å²) in [6.07, 6.45) is 2.19. The Bertz CT molecular complexity index is 428. The van der Waals surface area contributed by atoms with Gasteiger partial charge < -0.3 is 0 Å². The van der Waals surface area contributed by atoms with E-state index in [9.17, 15) is 12.3 Å². The molecule has 2 rings (SSSR count). The molecule has 82 valence electrons. The molecule has 1 aromatic rings. The van der Waals surface area contributed by atoms with Gasteiger partial charge in [-0.25, -0.2) is 0 Å². The van der Waals surface area contributed by atoms with Crippen LogP contribution in [0.2, 0.25) is 0 Å². The van der Waals surface area contributed by atoms with Gasteiger partial charge in [0.05, 0.1) is 5.75 Å². The Morgan fingerprint density at radius 1 is 1.20 bits per heavy atom. The third-order valence-corrected chi connectivity index (χ3v) is 3.63. The minimum Gasteiger partial charge on any atom is -0.195 e. The summed E-state index contributed by atoms with van der Waals surface area (Å²) in [6, 6.07) is 8.07. The molecule has 0 saturated carbocycles. The van der Waals surface area contributed by atoms with Crippen LogP contribution in [-0.4, -0.2) is 14.2 Å². The number of benzene rings is 1. The average Bonchev–Trinajstić information content (AvgIpc) is 2.56. The number of hydrogen-bond donors (Lipinski definition) is 0. The number of fused-ring (bicyclic) bond motifs is 1. The first kappa shape index (κ1) is 10.6. The molecule has 0 heterocycles. The lowest BCUT2D eigenvalue weighted by molar-refractivity contribution is 0.512. The maximum absolute atomic E-state index is 12.3. The number of halogens is 1. The predicted octanol–water partition coefficient (Wildman–Crippen LogP) is 2.09. The van der Waals surface area contributed by atoms with Crippen molar-refractivity contribution in [3.63, 3.8) is 0 Å². The predicted molar refractivity (Wildman–Crippen MR) is 56.9 cm³/mol. The largest absolute Gasteiger partial charge is 0.302 e. The van der Waals surface area contributed by atoms with Gasteiger partial charge in [0, 0.05) is 0 Å². The maximum Gasteiger partial charge on any atom is 0.302 e. The molecule has 1 aliphatic rings. The first-order chi connectivity index (χ1) is 7.04. The molecule has 0 spiro atoms. The standard InChI is InChI=1S/C11H13FO2S/c12-15(13,14)6-5-9-7-10-3-1-2-4-11(10)8-9/h1-4,9H,5-8H2. The van der Waals surface area contributed by atoms with Crippen molar-refractivity contribution in [1.29, 1.82) is 0 Å². The fourth-order valence-corrected chi connectivity index (χ4v) is 2.78. The average molecular weight is 228 g/mol. The highest BCUT2D eigenvalue weighted by Crippen LogP contribution is 2.28. The van der Waals surface area contributed by atoms with Crippen molar-refractivity contribution in [3.8, 4) is 0 Å². The lowest BCUT2D eigenvalue weighted by Gasteiger charge is -2.05. The highest BCUT2D eigenvalue weighted by Gasteiger charge is 2.22. The van der Waals surface area contributed by atoms with E-state index in [-0.39, 0.29) is 11.7 Å². The Morgan fingerprint density at radius 3 is 2.20 bits per heavy atom. The Balaban J connectivity index is 1.96. The zero-order valence-corrected chi connectivity index (χ0v) is 9.13. The van der Waals surface area contributed by atoms with Crippen molar-refractivity contribution < 1.29 is 12.3 Å². The highest BCUT2D eigenvalue weighted by molar-refractivity contribution is 7.86. The summed E-state index contributed by atoms with van der Waals surface area (Å²) in [7, 11) is -4.30. The van der Waals surface area contributed by atoms with E-state index in [1.165, 1.54) is 11.1 Å². The summed E-state index contributed by atoms with van der Waals surface area (Å²) < 4.78 is 33.1. The third-order valence-electron chi connectivity index (χ3n) is 2.91. The van der Waals surface area contributed by atoms with Gasteiger partial charge in [0.1, 0.15) is 0 Å². The normalized spacial score (nSPS) is 16.6. The van der Waals surface area contributed by atoms with Gasteiger partial charge in [0.2, 0.25) is 0 Å². The van der Waals surface area contributed by atoms with Gasteiger partial charge in [0.15, 0.2) is 0 Å². The van der Waals surface area contributed by atoms with E-state index in [2.05, 4.69) is 12.1 Å². The quantitative estimate of drug-likeness (QED) is 0.742. The molecule has 2 nitrogen and oxygen atoms in total. The van der Waals surface area contributed by atoms with Crippen LogP contribution in [0.5, 0.6) is 0 Å². The van der Waals surface area contributed by atoms with E-state index in [1.807, 2.05) is 12.1 Å². The van der Waals surface area contributed by atoms with Crippen molar-refractivity contribution >= 4 is 10.2 Å². The second-order valence-corrected chi connectivity index (χ2v) is 5.56. The van der Waals surface area contributed by atoms with Crippen molar-refractivity contribution in [2.45, 2.75) is 19.3 Å². The van der Waals surface area contributed by atoms with Crippen LogP contribution in [0, 0.1) is 5.92 Å². The van der Waals surface area contributed by atoms with E-state index in [1.54, 1.807) is 0 Å². The van der Waals surface area contributed by atoms with Crippen LogP contribution in [0.4, 0.5) is 3.89 Å². The van der Waals surface area contributed by atoms with Gasteiger partial charge in [-0.1, -0.05) is 24.3 Å². The third kappa shape index (κ3) is 2.78. The Kier molecular flexibility index (Phi) is 2.78. The Morgan fingerprint density at radius 2 is 1.73 bits per heavy atom. The van der Waals surface area contributed by atoms with Gasteiger partial charge in [0.25, 0.3) is 0 Å². The molecule has 1 aromatic carbocycles. The van der Waals surface area contributed by atoms with Gasteiger partial charge in [-0.05, 0) is 36.3 Å². The first-order valence-electron chi connectivity index (χ1n) is 5.04. The molecule has 4 heteroatoms. The van der Waals surface area contributed by atoms with Gasteiger partial charge >= 0.3 is 10.2 Å². The minimum atomic E-state index is -4.30.